The van der Waals surface area contributed by atoms with Crippen LogP contribution in [0.2, 0.25) is 10.0 Å². The molecule has 0 amide bonds. The number of hydrogen-bond acceptors (Lipinski definition) is 2. The Morgan fingerprint density at radius 2 is 2.05 bits per heavy atom. The molecule has 0 aromatic heterocycles. The summed E-state index contributed by atoms with van der Waals surface area (Å²) in [6.07, 6.45) is 2.76. The highest BCUT2D eigenvalue weighted by molar-refractivity contribution is 6.35. The smallest absolute Gasteiger partial charge is 0.320 e. The molecule has 3 nitrogen and oxygen atoms in total. The summed E-state index contributed by atoms with van der Waals surface area (Å²) in [5.74, 6) is -0.264. The first-order chi connectivity index (χ1) is 9.52. The lowest BCUT2D eigenvalue weighted by molar-refractivity contribution is -0.145. The second-order valence-corrected chi connectivity index (χ2v) is 6.14. The molecule has 0 bridgehead atoms. The maximum absolute atomic E-state index is 11.5. The van der Waals surface area contributed by atoms with Crippen molar-refractivity contribution in [3.8, 4) is 0 Å². The van der Waals surface area contributed by atoms with Crippen molar-refractivity contribution < 1.29 is 9.90 Å². The van der Waals surface area contributed by atoms with Gasteiger partial charge in [-0.25, -0.2) is 0 Å². The Labute approximate surface area is 129 Å². The van der Waals surface area contributed by atoms with Crippen molar-refractivity contribution in [3.05, 3.63) is 33.8 Å². The maximum Gasteiger partial charge on any atom is 0.320 e. The van der Waals surface area contributed by atoms with Gasteiger partial charge in [-0.15, -0.1) is 0 Å². The summed E-state index contributed by atoms with van der Waals surface area (Å²) in [5.41, 5.74) is 0.817. The van der Waals surface area contributed by atoms with E-state index in [2.05, 4.69) is 6.92 Å². The van der Waals surface area contributed by atoms with Crippen molar-refractivity contribution >= 4 is 29.2 Å². The number of carboxylic acid groups (broad SMARTS) is 1. The fourth-order valence-electron chi connectivity index (χ4n) is 2.79. The minimum atomic E-state index is -0.758. The number of halogens is 2. The van der Waals surface area contributed by atoms with E-state index in [-0.39, 0.29) is 0 Å². The first kappa shape index (κ1) is 15.6. The van der Waals surface area contributed by atoms with Crippen molar-refractivity contribution in [1.29, 1.82) is 0 Å². The average molecular weight is 316 g/mol. The van der Waals surface area contributed by atoms with Gasteiger partial charge in [0.2, 0.25) is 0 Å². The van der Waals surface area contributed by atoms with E-state index in [1.54, 1.807) is 18.2 Å². The van der Waals surface area contributed by atoms with Gasteiger partial charge in [-0.3, -0.25) is 9.69 Å². The zero-order chi connectivity index (χ0) is 14.7. The molecule has 0 saturated carbocycles. The molecule has 1 aliphatic rings. The SMILES string of the molecule is CCC1CCN(Cc2c(Cl)cccc2Cl)C(C(=O)O)C1. The number of aliphatic carboxylic acids is 1. The lowest BCUT2D eigenvalue weighted by Gasteiger charge is -2.37. The van der Waals surface area contributed by atoms with Crippen LogP contribution in [0.25, 0.3) is 0 Å². The third-order valence-corrected chi connectivity index (χ3v) is 4.82. The molecule has 1 aromatic carbocycles. The molecule has 2 atom stereocenters. The molecule has 20 heavy (non-hydrogen) atoms. The van der Waals surface area contributed by atoms with Gasteiger partial charge < -0.3 is 5.11 Å². The molecule has 1 fully saturated rings. The third-order valence-electron chi connectivity index (χ3n) is 4.11. The standard InChI is InChI=1S/C15H19Cl2NO2/c1-2-10-6-7-18(14(8-10)15(19)20)9-11-12(16)4-3-5-13(11)17/h3-5,10,14H,2,6-9H2,1H3,(H,19,20). The largest absolute Gasteiger partial charge is 0.480 e. The predicted octanol–water partition coefficient (Wildman–Crippen LogP) is 4.07. The molecule has 0 spiro atoms. The Hall–Kier alpha value is -0.770. The first-order valence-corrected chi connectivity index (χ1v) is 7.68. The van der Waals surface area contributed by atoms with Crippen molar-refractivity contribution in [1.82, 2.24) is 4.90 Å². The summed E-state index contributed by atoms with van der Waals surface area (Å²) >= 11 is 12.3. The van der Waals surface area contributed by atoms with Crippen LogP contribution in [0.4, 0.5) is 0 Å². The highest BCUT2D eigenvalue weighted by atomic mass is 35.5. The quantitative estimate of drug-likeness (QED) is 0.910. The van der Waals surface area contributed by atoms with Crippen molar-refractivity contribution in [2.45, 2.75) is 38.8 Å². The number of carboxylic acids is 1. The van der Waals surface area contributed by atoms with Gasteiger partial charge in [0, 0.05) is 22.2 Å². The monoisotopic (exact) mass is 315 g/mol. The Morgan fingerprint density at radius 1 is 1.40 bits per heavy atom. The second kappa shape index (κ2) is 6.79. The predicted molar refractivity (Wildman–Crippen MR) is 81.3 cm³/mol. The molecule has 0 radical (unpaired) electrons. The molecule has 1 saturated heterocycles. The lowest BCUT2D eigenvalue weighted by atomic mass is 9.88. The highest BCUT2D eigenvalue weighted by Crippen LogP contribution is 2.31. The molecule has 1 aliphatic heterocycles. The van der Waals surface area contributed by atoms with Crippen LogP contribution in [0.1, 0.15) is 31.7 Å². The van der Waals surface area contributed by atoms with E-state index >= 15 is 0 Å². The van der Waals surface area contributed by atoms with E-state index in [4.69, 9.17) is 23.2 Å². The average Bonchev–Trinajstić information content (AvgIpc) is 2.43. The Kier molecular flexibility index (Phi) is 5.30. The van der Waals surface area contributed by atoms with Crippen LogP contribution in [-0.4, -0.2) is 28.6 Å². The number of likely N-dealkylation sites (tertiary alicyclic amines) is 1. The van der Waals surface area contributed by atoms with Crippen molar-refractivity contribution in [2.75, 3.05) is 6.54 Å². The molecule has 1 aromatic rings. The topological polar surface area (TPSA) is 40.5 Å². The molecule has 2 unspecified atom stereocenters. The molecular formula is C15H19Cl2NO2. The van der Waals surface area contributed by atoms with Crippen LogP contribution < -0.4 is 0 Å². The van der Waals surface area contributed by atoms with E-state index in [0.717, 1.165) is 24.9 Å². The van der Waals surface area contributed by atoms with E-state index in [1.165, 1.54) is 0 Å². The summed E-state index contributed by atoms with van der Waals surface area (Å²) in [6.45, 7) is 3.38. The van der Waals surface area contributed by atoms with Gasteiger partial charge in [-0.2, -0.15) is 0 Å². The highest BCUT2D eigenvalue weighted by Gasteiger charge is 2.33. The van der Waals surface area contributed by atoms with Gasteiger partial charge >= 0.3 is 5.97 Å². The summed E-state index contributed by atoms with van der Waals surface area (Å²) in [5, 5.41) is 10.6. The van der Waals surface area contributed by atoms with Crippen LogP contribution in [0, 0.1) is 5.92 Å². The molecule has 5 heteroatoms. The van der Waals surface area contributed by atoms with Crippen LogP contribution >= 0.6 is 23.2 Å². The van der Waals surface area contributed by atoms with Gasteiger partial charge in [-0.05, 0) is 37.4 Å². The van der Waals surface area contributed by atoms with Gasteiger partial charge in [0.1, 0.15) is 6.04 Å². The summed E-state index contributed by atoms with van der Waals surface area (Å²) in [4.78, 5) is 13.5. The fourth-order valence-corrected chi connectivity index (χ4v) is 3.31. The Morgan fingerprint density at radius 3 is 2.60 bits per heavy atom. The van der Waals surface area contributed by atoms with Crippen LogP contribution in [0.5, 0.6) is 0 Å². The molecular weight excluding hydrogens is 297 g/mol. The zero-order valence-electron chi connectivity index (χ0n) is 11.5. The second-order valence-electron chi connectivity index (χ2n) is 5.32. The summed E-state index contributed by atoms with van der Waals surface area (Å²) in [7, 11) is 0. The number of rotatable bonds is 4. The molecule has 1 N–H and O–H groups in total. The van der Waals surface area contributed by atoms with Crippen LogP contribution in [0.3, 0.4) is 0 Å². The maximum atomic E-state index is 11.5. The number of benzene rings is 1. The van der Waals surface area contributed by atoms with Crippen molar-refractivity contribution in [3.63, 3.8) is 0 Å². The third kappa shape index (κ3) is 3.46. The first-order valence-electron chi connectivity index (χ1n) is 6.92. The van der Waals surface area contributed by atoms with Gasteiger partial charge in [0.05, 0.1) is 0 Å². The number of piperidine rings is 1. The molecule has 2 rings (SSSR count). The van der Waals surface area contributed by atoms with Gasteiger partial charge in [0.15, 0.2) is 0 Å². The number of hydrogen-bond donors (Lipinski definition) is 1. The van der Waals surface area contributed by atoms with Gasteiger partial charge in [-0.1, -0.05) is 42.6 Å². The molecule has 1 heterocycles. The summed E-state index contributed by atoms with van der Waals surface area (Å²) in [6, 6.07) is 4.93. The van der Waals surface area contributed by atoms with E-state index in [9.17, 15) is 9.90 Å². The van der Waals surface area contributed by atoms with E-state index < -0.39 is 12.0 Å². The zero-order valence-corrected chi connectivity index (χ0v) is 13.0. The van der Waals surface area contributed by atoms with E-state index in [1.807, 2.05) is 4.90 Å². The number of nitrogens with zero attached hydrogens (tertiary/aromatic N) is 1. The lowest BCUT2D eigenvalue weighted by Crippen LogP contribution is -2.46. The molecule has 0 aliphatic carbocycles. The van der Waals surface area contributed by atoms with Crippen molar-refractivity contribution in [2.24, 2.45) is 5.92 Å². The Balaban J connectivity index is 2.17. The minimum absolute atomic E-state index is 0.443. The number of carbonyl (C=O) groups is 1. The fraction of sp³-hybridized carbons (Fsp3) is 0.533. The normalized spacial score (nSPS) is 23.8. The summed E-state index contributed by atoms with van der Waals surface area (Å²) < 4.78 is 0. The van der Waals surface area contributed by atoms with Gasteiger partial charge in [0.25, 0.3) is 0 Å². The van der Waals surface area contributed by atoms with E-state index in [0.29, 0.717) is 28.9 Å². The minimum Gasteiger partial charge on any atom is -0.480 e. The van der Waals surface area contributed by atoms with Crippen LogP contribution in [0.15, 0.2) is 18.2 Å². The van der Waals surface area contributed by atoms with Crippen LogP contribution in [-0.2, 0) is 11.3 Å². The Bertz CT molecular complexity index is 473. The molecule has 110 valence electrons.